The number of β-lactam (4-membered cyclic amide) rings is 1. The van der Waals surface area contributed by atoms with Crippen molar-refractivity contribution in [1.82, 2.24) is 4.90 Å². The van der Waals surface area contributed by atoms with E-state index in [9.17, 15) is 29.8 Å². The Labute approximate surface area is 185 Å². The third-order valence-electron chi connectivity index (χ3n) is 4.19. The number of esters is 1. The van der Waals surface area contributed by atoms with Crippen LogP contribution >= 0.6 is 23.7 Å². The van der Waals surface area contributed by atoms with E-state index in [0.717, 1.165) is 12.1 Å². The molecule has 1 saturated heterocycles. The summed E-state index contributed by atoms with van der Waals surface area (Å²) in [4.78, 5) is 47.3. The summed E-state index contributed by atoms with van der Waals surface area (Å²) in [7, 11) is 0. The molecule has 1 aromatic carbocycles. The van der Waals surface area contributed by atoms with E-state index < -0.39 is 44.1 Å². The van der Waals surface area contributed by atoms with Crippen LogP contribution in [0.3, 0.4) is 0 Å². The summed E-state index contributed by atoms with van der Waals surface area (Å²) in [5, 5.41) is 21.6. The molecular weight excluding hydrogens is 448 g/mol. The van der Waals surface area contributed by atoms with Crippen LogP contribution in [-0.2, 0) is 14.3 Å². The second kappa shape index (κ2) is 8.30. The van der Waals surface area contributed by atoms with Gasteiger partial charge in [-0.15, -0.1) is 11.8 Å². The molecule has 0 aliphatic carbocycles. The number of fused-ring (bicyclic) bond motifs is 1. The lowest BCUT2D eigenvalue weighted by atomic mass is 10.1. The van der Waals surface area contributed by atoms with Gasteiger partial charge in [-0.1, -0.05) is 0 Å². The normalized spacial score (nSPS) is 19.7. The van der Waals surface area contributed by atoms with Gasteiger partial charge < -0.3 is 4.74 Å². The number of thioether (sulfide) groups is 1. The van der Waals surface area contributed by atoms with Gasteiger partial charge in [0.25, 0.3) is 17.3 Å². The topological polar surface area (TPSA) is 145 Å². The molecule has 1 fully saturated rings. The molecular formula is C18H18N4O7S2. The summed E-state index contributed by atoms with van der Waals surface area (Å²) < 4.78 is 9.56. The first-order chi connectivity index (χ1) is 14.4. The van der Waals surface area contributed by atoms with Crippen molar-refractivity contribution in [3.05, 3.63) is 49.7 Å². The fourth-order valence-electron chi connectivity index (χ4n) is 2.86. The summed E-state index contributed by atoms with van der Waals surface area (Å²) in [6, 6.07) is 3.20. The van der Waals surface area contributed by atoms with Crippen molar-refractivity contribution in [2.45, 2.75) is 43.6 Å². The summed E-state index contributed by atoms with van der Waals surface area (Å²) >= 11 is 2.09. The van der Waals surface area contributed by atoms with Gasteiger partial charge in [-0.3, -0.25) is 29.9 Å². The number of carbonyl (C=O) groups excluding carboxylic acids is 2. The number of hydrogen-bond donors (Lipinski definition) is 0. The van der Waals surface area contributed by atoms with Crippen molar-refractivity contribution in [3.63, 3.8) is 0 Å². The first-order valence-electron chi connectivity index (χ1n) is 8.96. The van der Waals surface area contributed by atoms with Crippen LogP contribution in [0.5, 0.6) is 0 Å². The Morgan fingerprint density at radius 3 is 2.55 bits per heavy atom. The van der Waals surface area contributed by atoms with Gasteiger partial charge in [0.2, 0.25) is 0 Å². The molecule has 0 saturated carbocycles. The monoisotopic (exact) mass is 466 g/mol. The van der Waals surface area contributed by atoms with Crippen molar-refractivity contribution in [1.29, 1.82) is 0 Å². The summed E-state index contributed by atoms with van der Waals surface area (Å²) in [5.74, 6) is -0.597. The second-order valence-corrected chi connectivity index (χ2v) is 9.58. The lowest BCUT2D eigenvalue weighted by Gasteiger charge is -2.44. The Bertz CT molecular complexity index is 1060. The number of benzene rings is 1. The zero-order valence-corrected chi connectivity index (χ0v) is 18.6. The lowest BCUT2D eigenvalue weighted by molar-refractivity contribution is -0.396. The van der Waals surface area contributed by atoms with E-state index in [0.29, 0.717) is 23.3 Å². The van der Waals surface area contributed by atoms with E-state index in [1.807, 2.05) is 0 Å². The van der Waals surface area contributed by atoms with E-state index in [-0.39, 0.29) is 16.3 Å². The Morgan fingerprint density at radius 1 is 1.29 bits per heavy atom. The van der Waals surface area contributed by atoms with Crippen LogP contribution in [0.15, 0.2) is 38.8 Å². The largest absolute Gasteiger partial charge is 0.455 e. The maximum Gasteiger partial charge on any atom is 0.355 e. The average Bonchev–Trinajstić information content (AvgIpc) is 2.66. The molecule has 2 aliphatic rings. The number of rotatable bonds is 5. The zero-order valence-electron chi connectivity index (χ0n) is 17.0. The third kappa shape index (κ3) is 4.56. The van der Waals surface area contributed by atoms with Gasteiger partial charge in [-0.2, -0.15) is 0 Å². The van der Waals surface area contributed by atoms with E-state index >= 15 is 0 Å². The van der Waals surface area contributed by atoms with Crippen LogP contribution in [0.1, 0.15) is 27.7 Å². The number of amides is 1. The smallest absolute Gasteiger partial charge is 0.355 e. The molecule has 0 N–H and O–H groups in total. The highest BCUT2D eigenvalue weighted by Crippen LogP contribution is 2.41. The fraction of sp³-hybridized carbons (Fsp3) is 0.389. The first kappa shape index (κ1) is 22.7. The Kier molecular flexibility index (Phi) is 6.09. The molecule has 2 aliphatic heterocycles. The molecule has 11 nitrogen and oxygen atoms in total. The molecule has 1 atom stereocenters. The van der Waals surface area contributed by atoms with Crippen LogP contribution < -0.4 is 0 Å². The number of nitro benzene ring substituents is 2. The lowest BCUT2D eigenvalue weighted by Crippen LogP contribution is -2.62. The van der Waals surface area contributed by atoms with Crippen LogP contribution in [0.4, 0.5) is 11.4 Å². The number of carbonyl (C=O) groups is 2. The van der Waals surface area contributed by atoms with Crippen LogP contribution in [0.2, 0.25) is 0 Å². The number of hydrogen-bond acceptors (Lipinski definition) is 10. The standard InChI is InChI=1S/C18H18N4O7S2/c1-9-8-30-16-13(15(23)20(16)14(9)17(24)29-18(2,3)4)19-31-12-6-5-10(21(25)26)7-11(12)22(27)28/h5-7,16H,8H2,1-4H3/t16-/m0/s1. The molecule has 0 aromatic heterocycles. The fourth-order valence-corrected chi connectivity index (χ4v) is 4.87. The molecule has 0 unspecified atom stereocenters. The summed E-state index contributed by atoms with van der Waals surface area (Å²) in [6.07, 6.45) is 0. The summed E-state index contributed by atoms with van der Waals surface area (Å²) in [6.45, 7) is 6.94. The Morgan fingerprint density at radius 2 is 1.97 bits per heavy atom. The van der Waals surface area contributed by atoms with Gasteiger partial charge >= 0.3 is 5.97 Å². The molecule has 0 radical (unpaired) electrons. The van der Waals surface area contributed by atoms with Gasteiger partial charge in [0.15, 0.2) is 0 Å². The zero-order chi connectivity index (χ0) is 23.1. The molecule has 3 rings (SSSR count). The minimum absolute atomic E-state index is 0.0641. The Hall–Kier alpha value is -2.93. The quantitative estimate of drug-likeness (QED) is 0.209. The molecule has 1 amide bonds. The highest BCUT2D eigenvalue weighted by atomic mass is 32.2. The predicted molar refractivity (Wildman–Crippen MR) is 115 cm³/mol. The molecule has 2 heterocycles. The van der Waals surface area contributed by atoms with Crippen molar-refractivity contribution < 1.29 is 24.2 Å². The van der Waals surface area contributed by atoms with E-state index in [1.165, 1.54) is 22.7 Å². The van der Waals surface area contributed by atoms with Crippen LogP contribution in [0.25, 0.3) is 0 Å². The van der Waals surface area contributed by atoms with Gasteiger partial charge in [-0.25, -0.2) is 9.19 Å². The van der Waals surface area contributed by atoms with Crippen molar-refractivity contribution in [3.8, 4) is 0 Å². The Balaban J connectivity index is 1.84. The summed E-state index contributed by atoms with van der Waals surface area (Å²) in [5.41, 5.74) is -0.569. The number of nitrogens with zero attached hydrogens (tertiary/aromatic N) is 4. The maximum atomic E-state index is 12.7. The van der Waals surface area contributed by atoms with E-state index in [2.05, 4.69) is 4.40 Å². The van der Waals surface area contributed by atoms with Gasteiger partial charge in [0.05, 0.1) is 15.9 Å². The second-order valence-electron chi connectivity index (χ2n) is 7.70. The van der Waals surface area contributed by atoms with Crippen LogP contribution in [0, 0.1) is 20.2 Å². The molecule has 1 aromatic rings. The van der Waals surface area contributed by atoms with Gasteiger partial charge in [0, 0.05) is 23.8 Å². The van der Waals surface area contributed by atoms with E-state index in [4.69, 9.17) is 4.74 Å². The number of non-ortho nitro benzene ring substituents is 1. The third-order valence-corrected chi connectivity index (χ3v) is 6.37. The highest BCUT2D eigenvalue weighted by molar-refractivity contribution is 8.01. The molecule has 13 heteroatoms. The molecule has 0 bridgehead atoms. The first-order valence-corrected chi connectivity index (χ1v) is 10.8. The minimum atomic E-state index is -0.744. The van der Waals surface area contributed by atoms with Gasteiger partial charge in [-0.05, 0) is 39.3 Å². The molecule has 0 spiro atoms. The van der Waals surface area contributed by atoms with Crippen LogP contribution in [-0.4, -0.2) is 49.1 Å². The van der Waals surface area contributed by atoms with Crippen molar-refractivity contribution in [2.24, 2.45) is 4.40 Å². The average molecular weight is 466 g/mol. The molecule has 164 valence electrons. The number of nitro groups is 2. The maximum absolute atomic E-state index is 12.7. The predicted octanol–water partition coefficient (Wildman–Crippen LogP) is 3.48. The van der Waals surface area contributed by atoms with E-state index in [1.54, 1.807) is 27.7 Å². The van der Waals surface area contributed by atoms with Crippen molar-refractivity contribution >= 4 is 52.7 Å². The SMILES string of the molecule is CC1=C(C(=O)OC(C)(C)C)N2C(=O)C(=NSc3ccc([N+](=O)[O-])cc3[N+](=O)[O-])[C@@H]2SC1. The highest BCUT2D eigenvalue weighted by Gasteiger charge is 2.51. The number of ether oxygens (including phenoxy) is 1. The minimum Gasteiger partial charge on any atom is -0.455 e. The van der Waals surface area contributed by atoms with Gasteiger partial charge in [0.1, 0.15) is 27.3 Å². The van der Waals surface area contributed by atoms with Crippen molar-refractivity contribution in [2.75, 3.05) is 5.75 Å². The molecule has 31 heavy (non-hydrogen) atoms.